The number of carbonyl (C=O) groups excluding carboxylic acids is 1. The van der Waals surface area contributed by atoms with E-state index in [2.05, 4.69) is 10.5 Å². The summed E-state index contributed by atoms with van der Waals surface area (Å²) in [4.78, 5) is 12.2. The van der Waals surface area contributed by atoms with Gasteiger partial charge in [0, 0.05) is 13.0 Å². The van der Waals surface area contributed by atoms with E-state index in [9.17, 15) is 9.90 Å². The van der Waals surface area contributed by atoms with Crippen LogP contribution in [0.15, 0.2) is 4.52 Å². The van der Waals surface area contributed by atoms with Gasteiger partial charge in [0.15, 0.2) is 0 Å². The first-order chi connectivity index (χ1) is 10.1. The van der Waals surface area contributed by atoms with Crippen molar-refractivity contribution in [1.82, 2.24) is 10.5 Å². The standard InChI is InChI=1S/C16H26N2O3/c1-3-14-15(11(2)18-21-14)16(20)17-10-6-8-12-7-4-5-9-13(12)19/h12-13,19H,3-10H2,1-2H3,(H,17,20)/t12-,13+/m0/s1. The number of nitrogens with one attached hydrogen (secondary N) is 1. The van der Waals surface area contributed by atoms with E-state index < -0.39 is 0 Å². The fourth-order valence-electron chi connectivity index (χ4n) is 3.13. The van der Waals surface area contributed by atoms with Crippen molar-refractivity contribution in [2.24, 2.45) is 5.92 Å². The number of hydrogen-bond acceptors (Lipinski definition) is 4. The van der Waals surface area contributed by atoms with Crippen molar-refractivity contribution in [3.8, 4) is 0 Å². The zero-order valence-electron chi connectivity index (χ0n) is 13.0. The Labute approximate surface area is 126 Å². The predicted molar refractivity (Wildman–Crippen MR) is 80.2 cm³/mol. The lowest BCUT2D eigenvalue weighted by Crippen LogP contribution is -2.28. The lowest BCUT2D eigenvalue weighted by molar-refractivity contribution is 0.0641. The maximum absolute atomic E-state index is 12.2. The predicted octanol–water partition coefficient (Wildman–Crippen LogP) is 2.61. The van der Waals surface area contributed by atoms with Gasteiger partial charge in [-0.15, -0.1) is 0 Å². The van der Waals surface area contributed by atoms with E-state index in [1.807, 2.05) is 6.92 Å². The normalized spacial score (nSPS) is 22.2. The number of carbonyl (C=O) groups is 1. The van der Waals surface area contributed by atoms with Crippen LogP contribution in [0, 0.1) is 12.8 Å². The number of rotatable bonds is 6. The molecule has 1 aliphatic carbocycles. The van der Waals surface area contributed by atoms with E-state index in [0.29, 0.717) is 35.9 Å². The van der Waals surface area contributed by atoms with Crippen molar-refractivity contribution in [2.45, 2.75) is 64.9 Å². The van der Waals surface area contributed by atoms with Gasteiger partial charge in [-0.05, 0) is 38.5 Å². The van der Waals surface area contributed by atoms with Gasteiger partial charge in [-0.25, -0.2) is 0 Å². The molecule has 1 aliphatic rings. The van der Waals surface area contributed by atoms with Crippen LogP contribution in [-0.4, -0.2) is 28.8 Å². The highest BCUT2D eigenvalue weighted by atomic mass is 16.5. The van der Waals surface area contributed by atoms with Crippen LogP contribution in [0.25, 0.3) is 0 Å². The zero-order chi connectivity index (χ0) is 15.2. The van der Waals surface area contributed by atoms with Crippen molar-refractivity contribution >= 4 is 5.91 Å². The van der Waals surface area contributed by atoms with Crippen LogP contribution in [0.5, 0.6) is 0 Å². The van der Waals surface area contributed by atoms with Gasteiger partial charge in [-0.2, -0.15) is 0 Å². The molecule has 1 saturated carbocycles. The molecule has 2 atom stereocenters. The highest BCUT2D eigenvalue weighted by Crippen LogP contribution is 2.27. The lowest BCUT2D eigenvalue weighted by atomic mass is 9.83. The molecule has 2 rings (SSSR count). The van der Waals surface area contributed by atoms with E-state index in [1.54, 1.807) is 6.92 Å². The summed E-state index contributed by atoms with van der Waals surface area (Å²) in [7, 11) is 0. The van der Waals surface area contributed by atoms with Crippen LogP contribution in [0.3, 0.4) is 0 Å². The SMILES string of the molecule is CCc1onc(C)c1C(=O)NCCC[C@@H]1CCCC[C@H]1O. The molecule has 0 aromatic carbocycles. The molecule has 1 amide bonds. The summed E-state index contributed by atoms with van der Waals surface area (Å²) in [6.07, 6.45) is 6.79. The fourth-order valence-corrected chi connectivity index (χ4v) is 3.13. The summed E-state index contributed by atoms with van der Waals surface area (Å²) < 4.78 is 5.14. The van der Waals surface area contributed by atoms with E-state index >= 15 is 0 Å². The van der Waals surface area contributed by atoms with Crippen molar-refractivity contribution in [3.63, 3.8) is 0 Å². The molecule has 1 fully saturated rings. The first-order valence-electron chi connectivity index (χ1n) is 8.04. The van der Waals surface area contributed by atoms with Crippen LogP contribution < -0.4 is 5.32 Å². The zero-order valence-corrected chi connectivity index (χ0v) is 13.0. The maximum atomic E-state index is 12.2. The minimum Gasteiger partial charge on any atom is -0.393 e. The molecule has 0 spiro atoms. The Balaban J connectivity index is 1.75. The van der Waals surface area contributed by atoms with Gasteiger partial charge in [0.2, 0.25) is 0 Å². The molecule has 1 aromatic heterocycles. The average Bonchev–Trinajstić information content (AvgIpc) is 2.86. The van der Waals surface area contributed by atoms with Gasteiger partial charge in [0.25, 0.3) is 5.91 Å². The molecule has 21 heavy (non-hydrogen) atoms. The Morgan fingerprint density at radius 3 is 2.90 bits per heavy atom. The number of aliphatic hydroxyl groups is 1. The van der Waals surface area contributed by atoms with Crippen molar-refractivity contribution < 1.29 is 14.4 Å². The Bertz CT molecular complexity index is 470. The number of aromatic nitrogens is 1. The quantitative estimate of drug-likeness (QED) is 0.791. The Morgan fingerprint density at radius 1 is 1.43 bits per heavy atom. The van der Waals surface area contributed by atoms with Crippen LogP contribution in [0.1, 0.15) is 67.3 Å². The first kappa shape index (κ1) is 16.0. The third-order valence-electron chi connectivity index (χ3n) is 4.39. The molecule has 1 aromatic rings. The first-order valence-corrected chi connectivity index (χ1v) is 8.04. The van der Waals surface area contributed by atoms with Gasteiger partial charge < -0.3 is 14.9 Å². The van der Waals surface area contributed by atoms with Crippen LogP contribution >= 0.6 is 0 Å². The second kappa shape index (κ2) is 7.59. The number of aryl methyl sites for hydroxylation is 2. The van der Waals surface area contributed by atoms with Crippen molar-refractivity contribution in [2.75, 3.05) is 6.54 Å². The van der Waals surface area contributed by atoms with Gasteiger partial charge in [0.1, 0.15) is 11.3 Å². The van der Waals surface area contributed by atoms with Crippen LogP contribution in [0.2, 0.25) is 0 Å². The Kier molecular flexibility index (Phi) is 5.79. The lowest BCUT2D eigenvalue weighted by Gasteiger charge is -2.27. The molecular formula is C16H26N2O3. The summed E-state index contributed by atoms with van der Waals surface area (Å²) in [6.45, 7) is 4.37. The highest BCUT2D eigenvalue weighted by molar-refractivity contribution is 5.96. The van der Waals surface area contributed by atoms with Gasteiger partial charge in [0.05, 0.1) is 11.8 Å². The smallest absolute Gasteiger partial charge is 0.256 e. The largest absolute Gasteiger partial charge is 0.393 e. The summed E-state index contributed by atoms with van der Waals surface area (Å²) in [6, 6.07) is 0. The van der Waals surface area contributed by atoms with Gasteiger partial charge in [-0.1, -0.05) is 24.9 Å². The highest BCUT2D eigenvalue weighted by Gasteiger charge is 2.23. The average molecular weight is 294 g/mol. The molecule has 5 heteroatoms. The van der Waals surface area contributed by atoms with E-state index in [1.165, 1.54) is 6.42 Å². The molecule has 118 valence electrons. The minimum absolute atomic E-state index is 0.102. The van der Waals surface area contributed by atoms with Gasteiger partial charge in [-0.3, -0.25) is 4.79 Å². The molecule has 5 nitrogen and oxygen atoms in total. The second-order valence-corrected chi connectivity index (χ2v) is 5.93. The number of nitrogens with zero attached hydrogens (tertiary/aromatic N) is 1. The molecule has 0 aliphatic heterocycles. The molecule has 0 bridgehead atoms. The van der Waals surface area contributed by atoms with Gasteiger partial charge >= 0.3 is 0 Å². The number of hydrogen-bond donors (Lipinski definition) is 2. The molecule has 0 saturated heterocycles. The summed E-state index contributed by atoms with van der Waals surface area (Å²) in [5.41, 5.74) is 1.22. The fraction of sp³-hybridized carbons (Fsp3) is 0.750. The summed E-state index contributed by atoms with van der Waals surface area (Å²) >= 11 is 0. The Hall–Kier alpha value is -1.36. The second-order valence-electron chi connectivity index (χ2n) is 5.93. The van der Waals surface area contributed by atoms with Crippen LogP contribution in [0.4, 0.5) is 0 Å². The number of amides is 1. The third-order valence-corrected chi connectivity index (χ3v) is 4.39. The molecular weight excluding hydrogens is 268 g/mol. The Morgan fingerprint density at radius 2 is 2.19 bits per heavy atom. The topological polar surface area (TPSA) is 75.4 Å². The molecule has 0 radical (unpaired) electrons. The summed E-state index contributed by atoms with van der Waals surface area (Å²) in [5, 5.41) is 16.7. The van der Waals surface area contributed by atoms with Crippen molar-refractivity contribution in [1.29, 1.82) is 0 Å². The van der Waals surface area contributed by atoms with Crippen molar-refractivity contribution in [3.05, 3.63) is 17.0 Å². The van der Waals surface area contributed by atoms with E-state index in [4.69, 9.17) is 4.52 Å². The maximum Gasteiger partial charge on any atom is 0.256 e. The number of aliphatic hydroxyl groups excluding tert-OH is 1. The monoisotopic (exact) mass is 294 g/mol. The summed E-state index contributed by atoms with van der Waals surface area (Å²) in [5.74, 6) is 0.946. The minimum atomic E-state index is -0.151. The molecule has 0 unspecified atom stereocenters. The molecule has 2 N–H and O–H groups in total. The molecule has 1 heterocycles. The van der Waals surface area contributed by atoms with E-state index in [-0.39, 0.29) is 12.0 Å². The van der Waals surface area contributed by atoms with E-state index in [0.717, 1.165) is 32.1 Å². The van der Waals surface area contributed by atoms with Crippen LogP contribution in [-0.2, 0) is 6.42 Å². The third kappa shape index (κ3) is 4.06.